The molecule has 0 unspecified atom stereocenters. The fraction of sp³-hybridized carbons (Fsp3) is 0.346. The first-order valence-corrected chi connectivity index (χ1v) is 11.6. The van der Waals surface area contributed by atoms with Crippen LogP contribution in [0.25, 0.3) is 11.1 Å². The number of piperazine rings is 1. The normalized spacial score (nSPS) is 16.8. The second-order valence-corrected chi connectivity index (χ2v) is 8.52. The summed E-state index contributed by atoms with van der Waals surface area (Å²) in [6.45, 7) is 5.06. The average molecular weight is 428 g/mol. The fourth-order valence-electron chi connectivity index (χ4n) is 4.54. The Bertz CT molecular complexity index is 1020. The zero-order chi connectivity index (χ0) is 21.8. The second-order valence-electron chi connectivity index (χ2n) is 8.52. The van der Waals surface area contributed by atoms with Crippen LogP contribution in [0, 0.1) is 0 Å². The molecule has 2 fully saturated rings. The van der Waals surface area contributed by atoms with Crippen LogP contribution in [-0.4, -0.2) is 60.3 Å². The summed E-state index contributed by atoms with van der Waals surface area (Å²) in [5, 5.41) is 8.94. The van der Waals surface area contributed by atoms with E-state index in [1.165, 1.54) is 19.3 Å². The van der Waals surface area contributed by atoms with Crippen molar-refractivity contribution < 1.29 is 4.79 Å². The molecule has 6 heteroatoms. The number of piperidine rings is 1. The molecule has 0 aliphatic carbocycles. The van der Waals surface area contributed by atoms with Gasteiger partial charge in [0.15, 0.2) is 11.6 Å². The Morgan fingerprint density at radius 2 is 1.16 bits per heavy atom. The third-order valence-corrected chi connectivity index (χ3v) is 6.45. The molecule has 6 nitrogen and oxygen atoms in total. The van der Waals surface area contributed by atoms with E-state index in [2.05, 4.69) is 44.3 Å². The van der Waals surface area contributed by atoms with Crippen LogP contribution < -0.4 is 9.80 Å². The SMILES string of the molecule is O=C(c1ccc(-c2ccccc2)cc1)N1CCN(c2ccc(N3CCCCC3)nn2)CC1. The zero-order valence-electron chi connectivity index (χ0n) is 18.4. The van der Waals surface area contributed by atoms with Crippen LogP contribution >= 0.6 is 0 Å². The predicted molar refractivity (Wildman–Crippen MR) is 128 cm³/mol. The second kappa shape index (κ2) is 9.39. The molecular weight excluding hydrogens is 398 g/mol. The molecule has 3 heterocycles. The van der Waals surface area contributed by atoms with Gasteiger partial charge in [-0.1, -0.05) is 42.5 Å². The molecule has 0 saturated carbocycles. The van der Waals surface area contributed by atoms with Gasteiger partial charge in [-0.2, -0.15) is 0 Å². The lowest BCUT2D eigenvalue weighted by Gasteiger charge is -2.35. The smallest absolute Gasteiger partial charge is 0.253 e. The molecule has 2 aliphatic rings. The van der Waals surface area contributed by atoms with E-state index in [9.17, 15) is 4.79 Å². The predicted octanol–water partition coefficient (Wildman–Crippen LogP) is 4.10. The van der Waals surface area contributed by atoms with E-state index < -0.39 is 0 Å². The summed E-state index contributed by atoms with van der Waals surface area (Å²) >= 11 is 0. The number of rotatable bonds is 4. The first-order chi connectivity index (χ1) is 15.8. The van der Waals surface area contributed by atoms with Crippen molar-refractivity contribution in [3.63, 3.8) is 0 Å². The maximum absolute atomic E-state index is 13.0. The molecule has 0 atom stereocenters. The minimum absolute atomic E-state index is 0.0933. The lowest BCUT2D eigenvalue weighted by Crippen LogP contribution is -2.49. The van der Waals surface area contributed by atoms with Gasteiger partial charge in [-0.05, 0) is 54.7 Å². The van der Waals surface area contributed by atoms with Crippen molar-refractivity contribution in [2.75, 3.05) is 49.1 Å². The molecule has 164 valence electrons. The first-order valence-electron chi connectivity index (χ1n) is 11.6. The Morgan fingerprint density at radius 3 is 1.75 bits per heavy atom. The molecular formula is C26H29N5O. The van der Waals surface area contributed by atoms with E-state index in [0.717, 1.165) is 54.5 Å². The summed E-state index contributed by atoms with van der Waals surface area (Å²) in [5.74, 6) is 1.96. The molecule has 1 amide bonds. The van der Waals surface area contributed by atoms with Gasteiger partial charge in [0.05, 0.1) is 0 Å². The topological polar surface area (TPSA) is 52.6 Å². The van der Waals surface area contributed by atoms with Crippen molar-refractivity contribution in [2.45, 2.75) is 19.3 Å². The molecule has 2 aromatic carbocycles. The van der Waals surface area contributed by atoms with Gasteiger partial charge in [0.2, 0.25) is 0 Å². The van der Waals surface area contributed by atoms with Gasteiger partial charge in [0.25, 0.3) is 5.91 Å². The summed E-state index contributed by atoms with van der Waals surface area (Å²) < 4.78 is 0. The number of nitrogens with zero attached hydrogens (tertiary/aromatic N) is 5. The quantitative estimate of drug-likeness (QED) is 0.628. The van der Waals surface area contributed by atoms with E-state index in [4.69, 9.17) is 0 Å². The van der Waals surface area contributed by atoms with Gasteiger partial charge in [-0.25, -0.2) is 0 Å². The Balaban J connectivity index is 1.18. The highest BCUT2D eigenvalue weighted by atomic mass is 16.2. The minimum atomic E-state index is 0.0933. The van der Waals surface area contributed by atoms with Crippen molar-refractivity contribution in [2.24, 2.45) is 0 Å². The molecule has 2 saturated heterocycles. The summed E-state index contributed by atoms with van der Waals surface area (Å²) in [6, 6.07) is 22.3. The highest BCUT2D eigenvalue weighted by molar-refractivity contribution is 5.95. The van der Waals surface area contributed by atoms with Crippen molar-refractivity contribution in [3.8, 4) is 11.1 Å². The standard InChI is InChI=1S/C26H29N5O/c32-26(23-11-9-22(10-12-23)21-7-3-1-4-8-21)31-19-17-30(18-20-31)25-14-13-24(27-28-25)29-15-5-2-6-16-29/h1,3-4,7-14H,2,5-6,15-20H2. The van der Waals surface area contributed by atoms with Crippen molar-refractivity contribution in [3.05, 3.63) is 72.3 Å². The molecule has 0 N–H and O–H groups in total. The monoisotopic (exact) mass is 427 g/mol. The summed E-state index contributed by atoms with van der Waals surface area (Å²) in [6.07, 6.45) is 3.77. The van der Waals surface area contributed by atoms with Gasteiger partial charge < -0.3 is 14.7 Å². The van der Waals surface area contributed by atoms with Crippen LogP contribution in [0.4, 0.5) is 11.6 Å². The number of carbonyl (C=O) groups excluding carboxylic acids is 1. The number of carbonyl (C=O) groups is 1. The van der Waals surface area contributed by atoms with Gasteiger partial charge in [-0.15, -0.1) is 10.2 Å². The number of aromatic nitrogens is 2. The van der Waals surface area contributed by atoms with E-state index >= 15 is 0 Å². The molecule has 0 radical (unpaired) electrons. The van der Waals surface area contributed by atoms with Gasteiger partial charge >= 0.3 is 0 Å². The lowest BCUT2D eigenvalue weighted by atomic mass is 10.0. The number of amides is 1. The molecule has 0 spiro atoms. The van der Waals surface area contributed by atoms with Gasteiger partial charge in [0, 0.05) is 44.8 Å². The molecule has 0 bridgehead atoms. The van der Waals surface area contributed by atoms with Gasteiger partial charge in [-0.3, -0.25) is 4.79 Å². The van der Waals surface area contributed by atoms with Crippen molar-refractivity contribution in [1.29, 1.82) is 0 Å². The Morgan fingerprint density at radius 1 is 0.594 bits per heavy atom. The van der Waals surface area contributed by atoms with E-state index in [1.807, 2.05) is 47.4 Å². The van der Waals surface area contributed by atoms with Crippen LogP contribution in [0.5, 0.6) is 0 Å². The maximum Gasteiger partial charge on any atom is 0.253 e. The number of benzene rings is 2. The van der Waals surface area contributed by atoms with Crippen LogP contribution in [0.3, 0.4) is 0 Å². The average Bonchev–Trinajstić information content (AvgIpc) is 2.90. The van der Waals surface area contributed by atoms with Crippen molar-refractivity contribution >= 4 is 17.5 Å². The minimum Gasteiger partial charge on any atom is -0.355 e. The highest BCUT2D eigenvalue weighted by Crippen LogP contribution is 2.22. The van der Waals surface area contributed by atoms with Crippen LogP contribution in [0.15, 0.2) is 66.7 Å². The largest absolute Gasteiger partial charge is 0.355 e. The summed E-state index contributed by atoms with van der Waals surface area (Å²) in [4.78, 5) is 19.5. The Hall–Kier alpha value is -3.41. The third kappa shape index (κ3) is 4.44. The first kappa shape index (κ1) is 20.5. The molecule has 1 aromatic heterocycles. The Labute approximate surface area is 189 Å². The van der Waals surface area contributed by atoms with Gasteiger partial charge in [0.1, 0.15) is 0 Å². The maximum atomic E-state index is 13.0. The zero-order valence-corrected chi connectivity index (χ0v) is 18.4. The molecule has 3 aromatic rings. The van der Waals surface area contributed by atoms with E-state index in [-0.39, 0.29) is 5.91 Å². The highest BCUT2D eigenvalue weighted by Gasteiger charge is 2.23. The van der Waals surface area contributed by atoms with Crippen LogP contribution in [0.2, 0.25) is 0 Å². The summed E-state index contributed by atoms with van der Waals surface area (Å²) in [7, 11) is 0. The number of hydrogen-bond donors (Lipinski definition) is 0. The summed E-state index contributed by atoms with van der Waals surface area (Å²) in [5.41, 5.74) is 3.02. The Kier molecular flexibility index (Phi) is 6.01. The van der Waals surface area contributed by atoms with E-state index in [1.54, 1.807) is 0 Å². The number of anilines is 2. The lowest BCUT2D eigenvalue weighted by molar-refractivity contribution is 0.0746. The number of hydrogen-bond acceptors (Lipinski definition) is 5. The third-order valence-electron chi connectivity index (χ3n) is 6.45. The molecule has 5 rings (SSSR count). The van der Waals surface area contributed by atoms with E-state index in [0.29, 0.717) is 13.1 Å². The van der Waals surface area contributed by atoms with Crippen molar-refractivity contribution in [1.82, 2.24) is 15.1 Å². The van der Waals surface area contributed by atoms with Crippen LogP contribution in [0.1, 0.15) is 29.6 Å². The van der Waals surface area contributed by atoms with Crippen LogP contribution in [-0.2, 0) is 0 Å². The molecule has 32 heavy (non-hydrogen) atoms. The fourth-order valence-corrected chi connectivity index (χ4v) is 4.54. The molecule has 2 aliphatic heterocycles.